The summed E-state index contributed by atoms with van der Waals surface area (Å²) < 4.78 is 5.39. The number of piperidine rings is 1. The summed E-state index contributed by atoms with van der Waals surface area (Å²) in [5.41, 5.74) is -0.487. The van der Waals surface area contributed by atoms with E-state index in [1.807, 2.05) is 51.1 Å². The third-order valence-corrected chi connectivity index (χ3v) is 4.32. The molecule has 6 heteroatoms. The first-order chi connectivity index (χ1) is 12.3. The van der Waals surface area contributed by atoms with Crippen molar-refractivity contribution in [2.75, 3.05) is 13.1 Å². The maximum atomic E-state index is 12.5. The molecule has 1 aromatic rings. The smallest absolute Gasteiger partial charge is 0.410 e. The zero-order valence-corrected chi connectivity index (χ0v) is 15.3. The SMILES string of the molecule is CC(C)(C)OC(=O)N1CCC2(CC1)N=C(C#Cc1ccccc1)NC2=O. The predicted molar refractivity (Wildman–Crippen MR) is 98.7 cm³/mol. The van der Waals surface area contributed by atoms with E-state index in [1.165, 1.54) is 0 Å². The monoisotopic (exact) mass is 353 g/mol. The van der Waals surface area contributed by atoms with Gasteiger partial charge >= 0.3 is 6.09 Å². The maximum Gasteiger partial charge on any atom is 0.410 e. The Kier molecular flexibility index (Phi) is 4.73. The molecular formula is C20H23N3O3. The number of carbonyl (C=O) groups is 2. The highest BCUT2D eigenvalue weighted by atomic mass is 16.6. The second-order valence-electron chi connectivity index (χ2n) is 7.53. The second-order valence-corrected chi connectivity index (χ2v) is 7.53. The number of hydrogen-bond acceptors (Lipinski definition) is 4. The number of rotatable bonds is 0. The molecule has 0 bridgehead atoms. The molecule has 3 rings (SSSR count). The molecule has 6 nitrogen and oxygen atoms in total. The highest BCUT2D eigenvalue weighted by Gasteiger charge is 2.46. The zero-order chi connectivity index (χ0) is 18.8. The van der Waals surface area contributed by atoms with Gasteiger partial charge in [-0.3, -0.25) is 4.79 Å². The summed E-state index contributed by atoms with van der Waals surface area (Å²) in [4.78, 5) is 30.8. The van der Waals surface area contributed by atoms with Crippen molar-refractivity contribution < 1.29 is 14.3 Å². The Hall–Kier alpha value is -2.81. The van der Waals surface area contributed by atoms with Crippen LogP contribution in [0.5, 0.6) is 0 Å². The molecule has 0 unspecified atom stereocenters. The van der Waals surface area contributed by atoms with E-state index in [2.05, 4.69) is 22.2 Å². The van der Waals surface area contributed by atoms with Gasteiger partial charge in [0, 0.05) is 18.7 Å². The topological polar surface area (TPSA) is 71.0 Å². The zero-order valence-electron chi connectivity index (χ0n) is 15.3. The number of likely N-dealkylation sites (tertiary alicyclic amines) is 1. The molecule has 1 saturated heterocycles. The number of amides is 2. The Balaban J connectivity index is 1.66. The van der Waals surface area contributed by atoms with Crippen LogP contribution in [0.15, 0.2) is 35.3 Å². The normalized spacial score (nSPS) is 18.7. The molecule has 2 amide bonds. The summed E-state index contributed by atoms with van der Waals surface area (Å²) in [6.07, 6.45) is 0.585. The van der Waals surface area contributed by atoms with E-state index in [0.717, 1.165) is 5.56 Å². The largest absolute Gasteiger partial charge is 0.444 e. The van der Waals surface area contributed by atoms with Gasteiger partial charge in [-0.2, -0.15) is 0 Å². The van der Waals surface area contributed by atoms with Crippen LogP contribution in [0.2, 0.25) is 0 Å². The Morgan fingerprint density at radius 2 is 1.85 bits per heavy atom. The van der Waals surface area contributed by atoms with Crippen LogP contribution in [-0.2, 0) is 9.53 Å². The molecule has 2 aliphatic rings. The van der Waals surface area contributed by atoms with E-state index in [9.17, 15) is 9.59 Å². The van der Waals surface area contributed by atoms with Crippen LogP contribution in [-0.4, -0.2) is 47.0 Å². The first kappa shape index (κ1) is 18.0. The first-order valence-electron chi connectivity index (χ1n) is 8.74. The van der Waals surface area contributed by atoms with E-state index < -0.39 is 11.1 Å². The molecule has 0 radical (unpaired) electrons. The van der Waals surface area contributed by atoms with Crippen molar-refractivity contribution in [3.05, 3.63) is 35.9 Å². The van der Waals surface area contributed by atoms with E-state index in [0.29, 0.717) is 31.8 Å². The van der Waals surface area contributed by atoms with Gasteiger partial charge in [0.2, 0.25) is 0 Å². The van der Waals surface area contributed by atoms with Crippen molar-refractivity contribution in [1.29, 1.82) is 0 Å². The van der Waals surface area contributed by atoms with Crippen LogP contribution in [0.1, 0.15) is 39.2 Å². The van der Waals surface area contributed by atoms with Crippen molar-refractivity contribution in [1.82, 2.24) is 10.2 Å². The summed E-state index contributed by atoms with van der Waals surface area (Å²) >= 11 is 0. The fourth-order valence-corrected chi connectivity index (χ4v) is 2.95. The van der Waals surface area contributed by atoms with Crippen molar-refractivity contribution >= 4 is 17.8 Å². The van der Waals surface area contributed by atoms with Crippen molar-refractivity contribution in [3.63, 3.8) is 0 Å². The number of carbonyl (C=O) groups excluding carboxylic acids is 2. The quantitative estimate of drug-likeness (QED) is 0.728. The minimum absolute atomic E-state index is 0.140. The van der Waals surface area contributed by atoms with Gasteiger partial charge in [0.05, 0.1) is 0 Å². The van der Waals surface area contributed by atoms with E-state index in [1.54, 1.807) is 4.90 Å². The van der Waals surface area contributed by atoms with Gasteiger partial charge < -0.3 is 15.0 Å². The van der Waals surface area contributed by atoms with Crippen LogP contribution in [0.25, 0.3) is 0 Å². The third-order valence-electron chi connectivity index (χ3n) is 4.32. The van der Waals surface area contributed by atoms with Crippen LogP contribution in [0.3, 0.4) is 0 Å². The molecule has 0 atom stereocenters. The highest BCUT2D eigenvalue weighted by Crippen LogP contribution is 2.30. The van der Waals surface area contributed by atoms with Gasteiger partial charge in [-0.1, -0.05) is 24.1 Å². The van der Waals surface area contributed by atoms with Crippen LogP contribution in [0.4, 0.5) is 4.79 Å². The predicted octanol–water partition coefficient (Wildman–Crippen LogP) is 2.34. The summed E-state index contributed by atoms with van der Waals surface area (Å²) in [5, 5.41) is 2.77. The summed E-state index contributed by atoms with van der Waals surface area (Å²) in [6, 6.07) is 9.55. The molecule has 1 spiro atoms. The number of benzene rings is 1. The molecule has 26 heavy (non-hydrogen) atoms. The first-order valence-corrected chi connectivity index (χ1v) is 8.74. The second kappa shape index (κ2) is 6.83. The van der Waals surface area contributed by atoms with Gasteiger partial charge in [0.25, 0.3) is 5.91 Å². The molecule has 1 N–H and O–H groups in total. The summed E-state index contributed by atoms with van der Waals surface area (Å²) in [6.45, 7) is 6.38. The fourth-order valence-electron chi connectivity index (χ4n) is 2.95. The third kappa shape index (κ3) is 4.05. The molecule has 2 aliphatic heterocycles. The van der Waals surface area contributed by atoms with Gasteiger partial charge in [0.1, 0.15) is 11.1 Å². The lowest BCUT2D eigenvalue weighted by Crippen LogP contribution is -2.51. The number of aliphatic imine (C=N–C) groups is 1. The lowest BCUT2D eigenvalue weighted by atomic mass is 9.88. The Labute approximate surface area is 153 Å². The number of amidine groups is 1. The summed E-state index contributed by atoms with van der Waals surface area (Å²) in [5.74, 6) is 6.18. The number of nitrogens with one attached hydrogen (secondary N) is 1. The molecule has 136 valence electrons. The lowest BCUT2D eigenvalue weighted by Gasteiger charge is -2.36. The molecule has 2 heterocycles. The fraction of sp³-hybridized carbons (Fsp3) is 0.450. The van der Waals surface area contributed by atoms with Crippen LogP contribution >= 0.6 is 0 Å². The molecule has 1 fully saturated rings. The summed E-state index contributed by atoms with van der Waals surface area (Å²) in [7, 11) is 0. The minimum Gasteiger partial charge on any atom is -0.444 e. The number of hydrogen-bond donors (Lipinski definition) is 1. The lowest BCUT2D eigenvalue weighted by molar-refractivity contribution is -0.125. The minimum atomic E-state index is -0.820. The Morgan fingerprint density at radius 1 is 1.19 bits per heavy atom. The van der Waals surface area contributed by atoms with Crippen molar-refractivity contribution in [2.45, 2.75) is 44.8 Å². The standard InChI is InChI=1S/C20H23N3O3/c1-19(2,3)26-18(25)23-13-11-20(12-14-23)17(24)21-16(22-20)10-9-15-7-5-4-6-8-15/h4-8H,11-14H2,1-3H3,(H,21,22,24). The van der Waals surface area contributed by atoms with E-state index in [4.69, 9.17) is 4.74 Å². The van der Waals surface area contributed by atoms with Gasteiger partial charge in [-0.15, -0.1) is 0 Å². The van der Waals surface area contributed by atoms with Crippen molar-refractivity contribution in [3.8, 4) is 11.8 Å². The molecular weight excluding hydrogens is 330 g/mol. The Morgan fingerprint density at radius 3 is 2.46 bits per heavy atom. The average molecular weight is 353 g/mol. The average Bonchev–Trinajstić information content (AvgIpc) is 2.88. The van der Waals surface area contributed by atoms with Gasteiger partial charge in [-0.05, 0) is 51.7 Å². The maximum absolute atomic E-state index is 12.5. The van der Waals surface area contributed by atoms with E-state index in [-0.39, 0.29) is 12.0 Å². The van der Waals surface area contributed by atoms with Crippen LogP contribution in [0, 0.1) is 11.8 Å². The van der Waals surface area contributed by atoms with Crippen LogP contribution < -0.4 is 5.32 Å². The molecule has 0 saturated carbocycles. The number of nitrogens with zero attached hydrogens (tertiary/aromatic N) is 2. The van der Waals surface area contributed by atoms with Gasteiger partial charge in [-0.25, -0.2) is 9.79 Å². The van der Waals surface area contributed by atoms with Gasteiger partial charge in [0.15, 0.2) is 5.84 Å². The Bertz CT molecular complexity index is 789. The molecule has 0 aromatic heterocycles. The number of ether oxygens (including phenoxy) is 1. The molecule has 1 aromatic carbocycles. The highest BCUT2D eigenvalue weighted by molar-refractivity contribution is 6.15. The molecule has 0 aliphatic carbocycles. The van der Waals surface area contributed by atoms with E-state index >= 15 is 0 Å². The van der Waals surface area contributed by atoms with Crippen molar-refractivity contribution in [2.24, 2.45) is 4.99 Å².